The van der Waals surface area contributed by atoms with Crippen LogP contribution >= 0.6 is 11.6 Å². The Hall–Kier alpha value is 0.210. The second-order valence-corrected chi connectivity index (χ2v) is 9.39. The number of nitrogens with zero attached hydrogens (tertiary/aromatic N) is 1. The molecule has 2 rings (SSSR count). The Labute approximate surface area is 143 Å². The van der Waals surface area contributed by atoms with Crippen LogP contribution in [0.3, 0.4) is 0 Å². The lowest BCUT2D eigenvalue weighted by Crippen LogP contribution is -2.52. The number of rotatable bonds is 5. The van der Waals surface area contributed by atoms with Gasteiger partial charge in [0.15, 0.2) is 0 Å². The lowest BCUT2D eigenvalue weighted by molar-refractivity contribution is 0.00524. The van der Waals surface area contributed by atoms with Crippen LogP contribution in [0.25, 0.3) is 0 Å². The van der Waals surface area contributed by atoms with Gasteiger partial charge in [0.2, 0.25) is 0 Å². The molecular formula is C19H37ClN2. The van der Waals surface area contributed by atoms with E-state index in [-0.39, 0.29) is 0 Å². The summed E-state index contributed by atoms with van der Waals surface area (Å²) in [6.07, 6.45) is 6.55. The Morgan fingerprint density at radius 3 is 2.27 bits per heavy atom. The van der Waals surface area contributed by atoms with Crippen molar-refractivity contribution in [2.24, 2.45) is 23.2 Å². The molecule has 2 nitrogen and oxygen atoms in total. The summed E-state index contributed by atoms with van der Waals surface area (Å²) >= 11 is 6.30. The largest absolute Gasteiger partial charge is 0.315 e. The Morgan fingerprint density at radius 1 is 1.14 bits per heavy atom. The number of alkyl halides is 1. The Bertz CT molecular complexity index is 334. The maximum atomic E-state index is 6.30. The molecule has 0 spiro atoms. The van der Waals surface area contributed by atoms with Crippen LogP contribution in [0.15, 0.2) is 0 Å². The Balaban J connectivity index is 1.91. The number of likely N-dealkylation sites (N-methyl/N-ethyl adjacent to an activating group) is 1. The summed E-state index contributed by atoms with van der Waals surface area (Å²) in [4.78, 5) is 2.70. The van der Waals surface area contributed by atoms with E-state index in [4.69, 9.17) is 11.6 Å². The van der Waals surface area contributed by atoms with Crippen molar-refractivity contribution in [2.45, 2.75) is 71.2 Å². The molecule has 0 aromatic carbocycles. The smallest absolute Gasteiger partial charge is 0.0336 e. The van der Waals surface area contributed by atoms with E-state index >= 15 is 0 Å². The summed E-state index contributed by atoms with van der Waals surface area (Å²) < 4.78 is 0. The van der Waals surface area contributed by atoms with Crippen molar-refractivity contribution in [1.29, 1.82) is 0 Å². The number of hydrogen-bond acceptors (Lipinski definition) is 2. The normalized spacial score (nSPS) is 34.8. The average Bonchev–Trinajstić information content (AvgIpc) is 2.45. The molecule has 0 radical (unpaired) electrons. The lowest BCUT2D eigenvalue weighted by Gasteiger charge is -2.49. The van der Waals surface area contributed by atoms with E-state index < -0.39 is 0 Å². The number of halogens is 1. The molecule has 2 fully saturated rings. The van der Waals surface area contributed by atoms with E-state index in [0.717, 1.165) is 11.8 Å². The first-order valence-electron chi connectivity index (χ1n) is 9.37. The van der Waals surface area contributed by atoms with Crippen molar-refractivity contribution in [3.8, 4) is 0 Å². The molecule has 1 saturated carbocycles. The predicted octanol–water partition coefficient (Wildman–Crippen LogP) is 4.38. The lowest BCUT2D eigenvalue weighted by atomic mass is 9.64. The van der Waals surface area contributed by atoms with Gasteiger partial charge in [0.25, 0.3) is 0 Å². The van der Waals surface area contributed by atoms with Gasteiger partial charge in [-0.2, -0.15) is 0 Å². The molecule has 1 N–H and O–H groups in total. The van der Waals surface area contributed by atoms with Gasteiger partial charge in [0.1, 0.15) is 0 Å². The molecule has 3 heteroatoms. The molecule has 130 valence electrons. The standard InChI is InChI=1S/C19H37ClN2/c1-14(2)18(21-5)12-22-11-10-17(19(3,4)13-22)15-6-8-16(20)9-7-15/h14-18,21H,6-13H2,1-5H3/t15?,16?,17?,18-/m0/s1. The fourth-order valence-corrected chi connectivity index (χ4v) is 5.16. The van der Waals surface area contributed by atoms with Crippen molar-refractivity contribution >= 4 is 11.6 Å². The highest BCUT2D eigenvalue weighted by molar-refractivity contribution is 6.20. The van der Waals surface area contributed by atoms with Gasteiger partial charge in [-0.15, -0.1) is 11.6 Å². The van der Waals surface area contributed by atoms with Gasteiger partial charge in [-0.3, -0.25) is 0 Å². The molecule has 0 amide bonds. The third-order valence-corrected chi connectivity index (χ3v) is 6.73. The van der Waals surface area contributed by atoms with Crippen LogP contribution in [0.4, 0.5) is 0 Å². The van der Waals surface area contributed by atoms with Crippen LogP contribution in [-0.4, -0.2) is 43.0 Å². The molecule has 2 aliphatic rings. The van der Waals surface area contributed by atoms with Gasteiger partial charge >= 0.3 is 0 Å². The van der Waals surface area contributed by atoms with E-state index in [0.29, 0.717) is 22.8 Å². The highest BCUT2D eigenvalue weighted by Gasteiger charge is 2.41. The first kappa shape index (κ1) is 18.5. The SMILES string of the molecule is CN[C@@H](CN1CCC(C2CCC(Cl)CC2)C(C)(C)C1)C(C)C. The van der Waals surface area contributed by atoms with Crippen molar-refractivity contribution in [3.63, 3.8) is 0 Å². The van der Waals surface area contributed by atoms with Gasteiger partial charge in [-0.1, -0.05) is 27.7 Å². The first-order chi connectivity index (χ1) is 10.3. The van der Waals surface area contributed by atoms with Crippen LogP contribution in [0.2, 0.25) is 0 Å². The van der Waals surface area contributed by atoms with Crippen molar-refractivity contribution in [3.05, 3.63) is 0 Å². The van der Waals surface area contributed by atoms with Crippen molar-refractivity contribution < 1.29 is 0 Å². The molecule has 1 aliphatic carbocycles. The van der Waals surface area contributed by atoms with E-state index in [1.165, 1.54) is 51.7 Å². The zero-order valence-corrected chi connectivity index (χ0v) is 16.1. The van der Waals surface area contributed by atoms with Crippen LogP contribution in [0, 0.1) is 23.2 Å². The third kappa shape index (κ3) is 4.61. The number of piperidine rings is 1. The second kappa shape index (κ2) is 7.85. The number of likely N-dealkylation sites (tertiary alicyclic amines) is 1. The fourth-order valence-electron chi connectivity index (χ4n) is 4.91. The molecule has 22 heavy (non-hydrogen) atoms. The molecule has 0 aromatic rings. The number of nitrogens with one attached hydrogen (secondary N) is 1. The van der Waals surface area contributed by atoms with Gasteiger partial charge in [0.05, 0.1) is 0 Å². The minimum absolute atomic E-state index is 0.442. The van der Waals surface area contributed by atoms with E-state index in [1.807, 2.05) is 0 Å². The molecule has 0 aromatic heterocycles. The highest BCUT2D eigenvalue weighted by Crippen LogP contribution is 2.45. The molecule has 1 unspecified atom stereocenters. The van der Waals surface area contributed by atoms with E-state index in [9.17, 15) is 0 Å². The highest BCUT2D eigenvalue weighted by atomic mass is 35.5. The summed E-state index contributed by atoms with van der Waals surface area (Å²) in [6.45, 7) is 13.4. The zero-order valence-electron chi connectivity index (χ0n) is 15.4. The van der Waals surface area contributed by atoms with E-state index in [1.54, 1.807) is 0 Å². The fraction of sp³-hybridized carbons (Fsp3) is 1.00. The zero-order chi connectivity index (χ0) is 16.3. The van der Waals surface area contributed by atoms with Crippen LogP contribution in [-0.2, 0) is 0 Å². The first-order valence-corrected chi connectivity index (χ1v) is 9.81. The number of hydrogen-bond donors (Lipinski definition) is 1. The quantitative estimate of drug-likeness (QED) is 0.754. The van der Waals surface area contributed by atoms with Crippen LogP contribution in [0.1, 0.15) is 59.8 Å². The average molecular weight is 329 g/mol. The molecular weight excluding hydrogens is 292 g/mol. The Morgan fingerprint density at radius 2 is 1.77 bits per heavy atom. The molecule has 0 bridgehead atoms. The minimum atomic E-state index is 0.442. The monoisotopic (exact) mass is 328 g/mol. The van der Waals surface area contributed by atoms with Gasteiger partial charge in [0, 0.05) is 24.5 Å². The van der Waals surface area contributed by atoms with Crippen LogP contribution < -0.4 is 5.32 Å². The summed E-state index contributed by atoms with van der Waals surface area (Å²) in [5.41, 5.74) is 0.442. The summed E-state index contributed by atoms with van der Waals surface area (Å²) in [5, 5.41) is 3.95. The molecule has 1 saturated heterocycles. The van der Waals surface area contributed by atoms with Crippen molar-refractivity contribution in [2.75, 3.05) is 26.7 Å². The molecule has 2 atom stereocenters. The minimum Gasteiger partial charge on any atom is -0.315 e. The molecule has 1 aliphatic heterocycles. The van der Waals surface area contributed by atoms with Crippen molar-refractivity contribution in [1.82, 2.24) is 10.2 Å². The molecule has 1 heterocycles. The topological polar surface area (TPSA) is 15.3 Å². The predicted molar refractivity (Wildman–Crippen MR) is 97.6 cm³/mol. The van der Waals surface area contributed by atoms with E-state index in [2.05, 4.69) is 45.0 Å². The van der Waals surface area contributed by atoms with Gasteiger partial charge in [-0.25, -0.2) is 0 Å². The van der Waals surface area contributed by atoms with Crippen LogP contribution in [0.5, 0.6) is 0 Å². The van der Waals surface area contributed by atoms with Gasteiger partial charge < -0.3 is 10.2 Å². The third-order valence-electron chi connectivity index (χ3n) is 6.29. The maximum absolute atomic E-state index is 6.30. The summed E-state index contributed by atoms with van der Waals surface area (Å²) in [6, 6.07) is 0.610. The maximum Gasteiger partial charge on any atom is 0.0336 e. The summed E-state index contributed by atoms with van der Waals surface area (Å²) in [7, 11) is 2.10. The van der Waals surface area contributed by atoms with Gasteiger partial charge in [-0.05, 0) is 68.9 Å². The Kier molecular flexibility index (Phi) is 6.62. The second-order valence-electron chi connectivity index (χ2n) is 8.77. The summed E-state index contributed by atoms with van der Waals surface area (Å²) in [5.74, 6) is 2.50.